The lowest BCUT2D eigenvalue weighted by atomic mass is 10.2. The van der Waals surface area contributed by atoms with E-state index in [1.54, 1.807) is 78.9 Å². The van der Waals surface area contributed by atoms with Gasteiger partial charge < -0.3 is 0 Å². The lowest BCUT2D eigenvalue weighted by molar-refractivity contribution is 0.100. The van der Waals surface area contributed by atoms with E-state index in [1.807, 2.05) is 0 Å². The second-order valence-electron chi connectivity index (χ2n) is 6.58. The summed E-state index contributed by atoms with van der Waals surface area (Å²) >= 11 is 4.44. The number of para-hydroxylation sites is 1. The summed E-state index contributed by atoms with van der Waals surface area (Å²) in [7, 11) is 0. The zero-order chi connectivity index (χ0) is 21.8. The maximum atomic E-state index is 13.1. The van der Waals surface area contributed by atoms with Crippen molar-refractivity contribution in [2.75, 3.05) is 11.2 Å². The zero-order valence-electron chi connectivity index (χ0n) is 16.1. The number of hydrogen-bond acceptors (Lipinski definition) is 5. The summed E-state index contributed by atoms with van der Waals surface area (Å²) in [5, 5.41) is 0.609. The van der Waals surface area contributed by atoms with Gasteiger partial charge in [-0.2, -0.15) is 4.68 Å². The Bertz CT molecular complexity index is 1320. The third-order valence-electron chi connectivity index (χ3n) is 4.49. The van der Waals surface area contributed by atoms with E-state index in [2.05, 4.69) is 26.3 Å². The molecule has 0 aliphatic rings. The van der Waals surface area contributed by atoms with Crippen LogP contribution in [0.4, 0.5) is 0 Å². The fourth-order valence-corrected chi connectivity index (χ4v) is 4.02. The second kappa shape index (κ2) is 9.28. The number of benzene rings is 3. The van der Waals surface area contributed by atoms with Crippen LogP contribution in [0.25, 0.3) is 10.9 Å². The van der Waals surface area contributed by atoms with Crippen molar-refractivity contribution < 1.29 is 9.59 Å². The third-order valence-corrected chi connectivity index (χ3v) is 5.96. The molecule has 6 nitrogen and oxygen atoms in total. The molecular formula is C23H16BrN3O3S. The Hall–Kier alpha value is -3.23. The number of halogens is 1. The van der Waals surface area contributed by atoms with Crippen LogP contribution < -0.4 is 11.0 Å². The van der Waals surface area contributed by atoms with Gasteiger partial charge in [0.1, 0.15) is 0 Å². The molecule has 1 N–H and O–H groups in total. The summed E-state index contributed by atoms with van der Waals surface area (Å²) in [4.78, 5) is 42.8. The van der Waals surface area contributed by atoms with E-state index in [4.69, 9.17) is 0 Å². The number of aromatic nitrogens is 2. The van der Waals surface area contributed by atoms with Crippen LogP contribution in [-0.4, -0.2) is 27.1 Å². The molecule has 3 aromatic carbocycles. The van der Waals surface area contributed by atoms with Crippen LogP contribution in [0.1, 0.15) is 20.7 Å². The van der Waals surface area contributed by atoms with Gasteiger partial charge in [0.05, 0.1) is 16.7 Å². The van der Waals surface area contributed by atoms with Crippen LogP contribution >= 0.6 is 27.7 Å². The highest BCUT2D eigenvalue weighted by Crippen LogP contribution is 2.19. The van der Waals surface area contributed by atoms with Crippen LogP contribution in [0.2, 0.25) is 0 Å². The number of hydrogen-bond donors (Lipinski definition) is 1. The monoisotopic (exact) mass is 493 g/mol. The first-order valence-electron chi connectivity index (χ1n) is 9.33. The summed E-state index contributed by atoms with van der Waals surface area (Å²) in [6.45, 7) is 0. The standard InChI is InChI=1S/C23H16BrN3O3S/c24-17-12-10-15(11-13-17)20(28)14-31-23-25-19-9-5-4-8-18(19)22(30)27(23)26-21(29)16-6-2-1-3-7-16/h1-13H,14H2,(H,26,29). The number of carbonyl (C=O) groups excluding carboxylic acids is 2. The predicted molar refractivity (Wildman–Crippen MR) is 125 cm³/mol. The Morgan fingerprint density at radius 3 is 2.32 bits per heavy atom. The Kier molecular flexibility index (Phi) is 6.29. The second-order valence-corrected chi connectivity index (χ2v) is 8.44. The molecular weight excluding hydrogens is 478 g/mol. The van der Waals surface area contributed by atoms with Crippen LogP contribution in [-0.2, 0) is 0 Å². The van der Waals surface area contributed by atoms with E-state index in [9.17, 15) is 14.4 Å². The molecule has 4 aromatic rings. The van der Waals surface area contributed by atoms with Gasteiger partial charge in [-0.05, 0) is 36.4 Å². The Morgan fingerprint density at radius 2 is 1.58 bits per heavy atom. The van der Waals surface area contributed by atoms with E-state index >= 15 is 0 Å². The van der Waals surface area contributed by atoms with E-state index in [-0.39, 0.29) is 16.7 Å². The molecule has 31 heavy (non-hydrogen) atoms. The molecule has 0 aliphatic carbocycles. The summed E-state index contributed by atoms with van der Waals surface area (Å²) in [6.07, 6.45) is 0. The fourth-order valence-electron chi connectivity index (χ4n) is 2.91. The van der Waals surface area contributed by atoms with Gasteiger partial charge in [0, 0.05) is 15.6 Å². The van der Waals surface area contributed by atoms with E-state index < -0.39 is 11.5 Å². The summed E-state index contributed by atoms with van der Waals surface area (Å²) < 4.78 is 1.99. The summed E-state index contributed by atoms with van der Waals surface area (Å²) in [5.74, 6) is -0.491. The molecule has 0 spiro atoms. The lowest BCUT2D eigenvalue weighted by Crippen LogP contribution is -2.35. The minimum atomic E-state index is -0.444. The van der Waals surface area contributed by atoms with Gasteiger partial charge in [-0.1, -0.05) is 70.2 Å². The number of thioether (sulfide) groups is 1. The Morgan fingerprint density at radius 1 is 0.903 bits per heavy atom. The number of nitrogens with one attached hydrogen (secondary N) is 1. The minimum absolute atomic E-state index is 0.0631. The number of rotatable bonds is 6. The molecule has 1 heterocycles. The average Bonchev–Trinajstić information content (AvgIpc) is 2.80. The van der Waals surface area contributed by atoms with Gasteiger partial charge in [0.25, 0.3) is 11.5 Å². The SMILES string of the molecule is O=C(CSc1nc2ccccc2c(=O)n1NC(=O)c1ccccc1)c1ccc(Br)cc1. The van der Waals surface area contributed by atoms with E-state index in [0.29, 0.717) is 22.0 Å². The number of carbonyl (C=O) groups is 2. The molecule has 8 heteroatoms. The summed E-state index contributed by atoms with van der Waals surface area (Å²) in [5.41, 5.74) is 3.67. The molecule has 0 bridgehead atoms. The first kappa shape index (κ1) is 21.0. The molecule has 1 aromatic heterocycles. The normalized spacial score (nSPS) is 10.7. The van der Waals surface area contributed by atoms with E-state index in [0.717, 1.165) is 20.9 Å². The van der Waals surface area contributed by atoms with Crippen molar-refractivity contribution in [3.05, 3.63) is 105 Å². The smallest absolute Gasteiger partial charge is 0.281 e. The number of amides is 1. The minimum Gasteiger partial charge on any atom is -0.293 e. The predicted octanol–water partition coefficient (Wildman–Crippen LogP) is 4.52. The Labute approximate surface area is 190 Å². The molecule has 1 amide bonds. The number of nitrogens with zero attached hydrogens (tertiary/aromatic N) is 2. The fraction of sp³-hybridized carbons (Fsp3) is 0.0435. The number of Topliss-reactive ketones (excluding diaryl/α,β-unsaturated/α-hetero) is 1. The maximum Gasteiger partial charge on any atom is 0.281 e. The van der Waals surface area contributed by atoms with Gasteiger partial charge in [-0.15, -0.1) is 0 Å². The van der Waals surface area contributed by atoms with Crippen LogP contribution in [0.15, 0.2) is 93.3 Å². The largest absolute Gasteiger partial charge is 0.293 e. The molecule has 154 valence electrons. The molecule has 0 atom stereocenters. The van der Waals surface area contributed by atoms with Crippen molar-refractivity contribution in [2.45, 2.75) is 5.16 Å². The van der Waals surface area contributed by atoms with Crippen molar-refractivity contribution in [2.24, 2.45) is 0 Å². The topological polar surface area (TPSA) is 81.1 Å². The van der Waals surface area contributed by atoms with Gasteiger partial charge in [-0.25, -0.2) is 4.98 Å². The van der Waals surface area contributed by atoms with Gasteiger partial charge >= 0.3 is 0 Å². The van der Waals surface area contributed by atoms with Crippen molar-refractivity contribution in [1.29, 1.82) is 0 Å². The van der Waals surface area contributed by atoms with Crippen molar-refractivity contribution >= 4 is 50.3 Å². The van der Waals surface area contributed by atoms with Crippen molar-refractivity contribution in [3.63, 3.8) is 0 Å². The molecule has 0 unspecified atom stereocenters. The highest BCUT2D eigenvalue weighted by molar-refractivity contribution is 9.10. The first-order valence-corrected chi connectivity index (χ1v) is 11.1. The van der Waals surface area contributed by atoms with Crippen molar-refractivity contribution in [1.82, 2.24) is 9.66 Å². The average molecular weight is 494 g/mol. The summed E-state index contributed by atoms with van der Waals surface area (Å²) in [6, 6.07) is 22.5. The van der Waals surface area contributed by atoms with Crippen LogP contribution in [0.3, 0.4) is 0 Å². The highest BCUT2D eigenvalue weighted by atomic mass is 79.9. The molecule has 0 saturated heterocycles. The number of fused-ring (bicyclic) bond motifs is 1. The molecule has 0 fully saturated rings. The highest BCUT2D eigenvalue weighted by Gasteiger charge is 2.16. The molecule has 0 aliphatic heterocycles. The van der Waals surface area contributed by atoms with Crippen molar-refractivity contribution in [3.8, 4) is 0 Å². The van der Waals surface area contributed by atoms with Gasteiger partial charge in [0.2, 0.25) is 0 Å². The van der Waals surface area contributed by atoms with Crippen LogP contribution in [0.5, 0.6) is 0 Å². The van der Waals surface area contributed by atoms with Gasteiger partial charge in [0.15, 0.2) is 10.9 Å². The maximum absolute atomic E-state index is 13.1. The molecule has 0 radical (unpaired) electrons. The number of ketones is 1. The molecule has 4 rings (SSSR count). The van der Waals surface area contributed by atoms with E-state index in [1.165, 1.54) is 0 Å². The lowest BCUT2D eigenvalue weighted by Gasteiger charge is -2.14. The first-order chi connectivity index (χ1) is 15.0. The Balaban J connectivity index is 1.66. The molecule has 0 saturated carbocycles. The zero-order valence-corrected chi connectivity index (χ0v) is 18.5. The quantitative estimate of drug-likeness (QED) is 0.242. The van der Waals surface area contributed by atoms with Gasteiger partial charge in [-0.3, -0.25) is 19.8 Å². The van der Waals surface area contributed by atoms with Crippen LogP contribution in [0, 0.1) is 0 Å². The third kappa shape index (κ3) is 4.76.